The van der Waals surface area contributed by atoms with Crippen LogP contribution < -0.4 is 10.1 Å². The lowest BCUT2D eigenvalue weighted by Gasteiger charge is -2.22. The molecule has 0 saturated carbocycles. The van der Waals surface area contributed by atoms with Crippen LogP contribution in [-0.2, 0) is 11.2 Å². The summed E-state index contributed by atoms with van der Waals surface area (Å²) >= 11 is 0. The van der Waals surface area contributed by atoms with Gasteiger partial charge in [0.1, 0.15) is 5.75 Å². The maximum Gasteiger partial charge on any atom is 0.127 e. The highest BCUT2D eigenvalue weighted by Gasteiger charge is 2.25. The normalized spacial score (nSPS) is 23.7. The Morgan fingerprint density at radius 3 is 3.11 bits per heavy atom. The monoisotopic (exact) mass is 247 g/mol. The zero-order chi connectivity index (χ0) is 12.4. The maximum absolute atomic E-state index is 5.80. The first kappa shape index (κ1) is 12.0. The van der Waals surface area contributed by atoms with Crippen molar-refractivity contribution >= 4 is 0 Å². The first-order valence-corrected chi connectivity index (χ1v) is 6.92. The van der Waals surface area contributed by atoms with Gasteiger partial charge in [-0.25, -0.2) is 0 Å². The number of para-hydroxylation sites is 1. The Morgan fingerprint density at radius 2 is 2.33 bits per heavy atom. The fourth-order valence-corrected chi connectivity index (χ4v) is 3.01. The zero-order valence-electron chi connectivity index (χ0n) is 10.9. The van der Waals surface area contributed by atoms with Gasteiger partial charge < -0.3 is 14.8 Å². The maximum atomic E-state index is 5.80. The van der Waals surface area contributed by atoms with E-state index in [1.165, 1.54) is 24.0 Å². The van der Waals surface area contributed by atoms with E-state index in [1.54, 1.807) is 0 Å². The number of ether oxygens (including phenoxy) is 2. The molecule has 2 unspecified atom stereocenters. The molecular weight excluding hydrogens is 226 g/mol. The van der Waals surface area contributed by atoms with Gasteiger partial charge in [0.25, 0.3) is 0 Å². The fourth-order valence-electron chi connectivity index (χ4n) is 3.01. The van der Waals surface area contributed by atoms with Gasteiger partial charge in [-0.2, -0.15) is 0 Å². The topological polar surface area (TPSA) is 30.5 Å². The molecular formula is C15H21NO2. The van der Waals surface area contributed by atoms with Crippen molar-refractivity contribution in [3.05, 3.63) is 29.3 Å². The van der Waals surface area contributed by atoms with E-state index in [2.05, 4.69) is 23.5 Å². The van der Waals surface area contributed by atoms with Crippen LogP contribution in [0.3, 0.4) is 0 Å². The molecule has 1 fully saturated rings. The predicted molar refractivity (Wildman–Crippen MR) is 71.0 cm³/mol. The highest BCUT2D eigenvalue weighted by molar-refractivity contribution is 5.45. The van der Waals surface area contributed by atoms with Crippen molar-refractivity contribution in [2.45, 2.75) is 37.8 Å². The Morgan fingerprint density at radius 1 is 1.39 bits per heavy atom. The average molecular weight is 247 g/mol. The van der Waals surface area contributed by atoms with Crippen LogP contribution in [0.15, 0.2) is 18.2 Å². The van der Waals surface area contributed by atoms with E-state index in [-0.39, 0.29) is 0 Å². The minimum atomic E-state index is 0.334. The van der Waals surface area contributed by atoms with Crippen LogP contribution in [-0.4, -0.2) is 26.4 Å². The molecule has 2 aliphatic heterocycles. The lowest BCUT2D eigenvalue weighted by Crippen LogP contribution is -2.22. The largest absolute Gasteiger partial charge is 0.493 e. The van der Waals surface area contributed by atoms with Gasteiger partial charge in [-0.1, -0.05) is 18.2 Å². The van der Waals surface area contributed by atoms with Crippen molar-refractivity contribution in [1.82, 2.24) is 5.32 Å². The Kier molecular flexibility index (Phi) is 3.52. The van der Waals surface area contributed by atoms with E-state index in [0.717, 1.165) is 31.8 Å². The second kappa shape index (κ2) is 5.29. The third kappa shape index (κ3) is 2.25. The molecule has 0 radical (unpaired) electrons. The van der Waals surface area contributed by atoms with E-state index in [4.69, 9.17) is 9.47 Å². The number of nitrogens with one attached hydrogen (secondary N) is 1. The third-order valence-corrected chi connectivity index (χ3v) is 3.99. The van der Waals surface area contributed by atoms with Gasteiger partial charge in [-0.3, -0.25) is 0 Å². The molecule has 0 amide bonds. The van der Waals surface area contributed by atoms with Gasteiger partial charge in [0, 0.05) is 24.6 Å². The average Bonchev–Trinajstić information content (AvgIpc) is 3.06. The molecule has 1 aromatic carbocycles. The van der Waals surface area contributed by atoms with Gasteiger partial charge in [-0.05, 0) is 31.9 Å². The summed E-state index contributed by atoms with van der Waals surface area (Å²) in [6, 6.07) is 6.83. The number of fused-ring (bicyclic) bond motifs is 1. The van der Waals surface area contributed by atoms with Crippen molar-refractivity contribution < 1.29 is 9.47 Å². The summed E-state index contributed by atoms with van der Waals surface area (Å²) in [5.41, 5.74) is 2.64. The van der Waals surface area contributed by atoms with Gasteiger partial charge in [0.2, 0.25) is 0 Å². The highest BCUT2D eigenvalue weighted by Crippen LogP contribution is 2.36. The Labute approximate surface area is 108 Å². The highest BCUT2D eigenvalue weighted by atomic mass is 16.5. The molecule has 0 bridgehead atoms. The second-order valence-electron chi connectivity index (χ2n) is 5.15. The summed E-state index contributed by atoms with van der Waals surface area (Å²) in [6.45, 7) is 1.74. The molecule has 1 N–H and O–H groups in total. The van der Waals surface area contributed by atoms with Crippen molar-refractivity contribution in [1.29, 1.82) is 0 Å². The Balaban J connectivity index is 1.80. The third-order valence-electron chi connectivity index (χ3n) is 3.99. The van der Waals surface area contributed by atoms with Crippen LogP contribution in [0.1, 0.15) is 36.4 Å². The first-order chi connectivity index (χ1) is 8.88. The fraction of sp³-hybridized carbons (Fsp3) is 0.600. The molecule has 0 spiro atoms. The van der Waals surface area contributed by atoms with Gasteiger partial charge >= 0.3 is 0 Å². The van der Waals surface area contributed by atoms with Gasteiger partial charge in [0.05, 0.1) is 12.7 Å². The predicted octanol–water partition coefficient (Wildman–Crippen LogP) is 2.45. The van der Waals surface area contributed by atoms with Crippen LogP contribution in [0.4, 0.5) is 0 Å². The molecule has 1 aromatic rings. The van der Waals surface area contributed by atoms with Gasteiger partial charge in [0.15, 0.2) is 0 Å². The van der Waals surface area contributed by atoms with E-state index < -0.39 is 0 Å². The summed E-state index contributed by atoms with van der Waals surface area (Å²) in [4.78, 5) is 0. The number of rotatable bonds is 4. The lowest BCUT2D eigenvalue weighted by atomic mass is 9.96. The summed E-state index contributed by atoms with van der Waals surface area (Å²) in [6.07, 6.45) is 4.87. The van der Waals surface area contributed by atoms with Gasteiger partial charge in [-0.15, -0.1) is 0 Å². The molecule has 0 aliphatic carbocycles. The standard InChI is InChI=1S/C15H21NO2/c1-16-14(10-12-5-3-8-17-12)13-6-2-4-11-7-9-18-15(11)13/h2,4,6,12,14,16H,3,5,7-10H2,1H3. The molecule has 98 valence electrons. The molecule has 3 nitrogen and oxygen atoms in total. The molecule has 18 heavy (non-hydrogen) atoms. The summed E-state index contributed by atoms with van der Waals surface area (Å²) in [5, 5.41) is 3.41. The molecule has 3 heteroatoms. The van der Waals surface area contributed by atoms with Crippen LogP contribution in [0, 0.1) is 0 Å². The van der Waals surface area contributed by atoms with E-state index >= 15 is 0 Å². The molecule has 2 heterocycles. The number of benzene rings is 1. The molecule has 3 rings (SSSR count). The van der Waals surface area contributed by atoms with Crippen LogP contribution in [0.2, 0.25) is 0 Å². The Bertz CT molecular complexity index is 413. The van der Waals surface area contributed by atoms with Crippen molar-refractivity contribution in [3.8, 4) is 5.75 Å². The minimum absolute atomic E-state index is 0.334. The number of hydrogen-bond acceptors (Lipinski definition) is 3. The first-order valence-electron chi connectivity index (χ1n) is 6.92. The Hall–Kier alpha value is -1.06. The van der Waals surface area contributed by atoms with E-state index in [0.29, 0.717) is 12.1 Å². The molecule has 2 aliphatic rings. The van der Waals surface area contributed by atoms with Crippen molar-refractivity contribution in [3.63, 3.8) is 0 Å². The zero-order valence-corrected chi connectivity index (χ0v) is 10.9. The van der Waals surface area contributed by atoms with E-state index in [1.807, 2.05) is 7.05 Å². The molecule has 1 saturated heterocycles. The smallest absolute Gasteiger partial charge is 0.127 e. The summed E-state index contributed by atoms with van der Waals surface area (Å²) in [7, 11) is 2.02. The van der Waals surface area contributed by atoms with Crippen molar-refractivity contribution in [2.75, 3.05) is 20.3 Å². The minimum Gasteiger partial charge on any atom is -0.493 e. The van der Waals surface area contributed by atoms with Crippen LogP contribution >= 0.6 is 0 Å². The van der Waals surface area contributed by atoms with E-state index in [9.17, 15) is 0 Å². The number of hydrogen-bond donors (Lipinski definition) is 1. The van der Waals surface area contributed by atoms with Crippen LogP contribution in [0.5, 0.6) is 5.75 Å². The summed E-state index contributed by atoms with van der Waals surface area (Å²) in [5.74, 6) is 1.11. The quantitative estimate of drug-likeness (QED) is 0.886. The molecule has 2 atom stereocenters. The lowest BCUT2D eigenvalue weighted by molar-refractivity contribution is 0.0951. The van der Waals surface area contributed by atoms with Crippen molar-refractivity contribution in [2.24, 2.45) is 0 Å². The molecule has 0 aromatic heterocycles. The summed E-state index contributed by atoms with van der Waals surface area (Å²) < 4.78 is 11.5. The van der Waals surface area contributed by atoms with Crippen LogP contribution in [0.25, 0.3) is 0 Å². The second-order valence-corrected chi connectivity index (χ2v) is 5.15. The SMILES string of the molecule is CNC(CC1CCCO1)c1cccc2c1OCC2.